The van der Waals surface area contributed by atoms with Crippen molar-refractivity contribution in [3.8, 4) is 0 Å². The molecule has 0 bridgehead atoms. The average Bonchev–Trinajstić information content (AvgIpc) is 2.34. The zero-order chi connectivity index (χ0) is 13.4. The predicted octanol–water partition coefficient (Wildman–Crippen LogP) is 2.50. The molecule has 1 amide bonds. The van der Waals surface area contributed by atoms with Crippen molar-refractivity contribution >= 4 is 23.4 Å². The van der Waals surface area contributed by atoms with E-state index in [0.717, 1.165) is 13.0 Å². The van der Waals surface area contributed by atoms with Crippen LogP contribution in [0.5, 0.6) is 0 Å². The van der Waals surface area contributed by atoms with Crippen molar-refractivity contribution in [1.29, 1.82) is 0 Å². The maximum atomic E-state index is 12.9. The molecule has 1 rings (SSSR count). The summed E-state index contributed by atoms with van der Waals surface area (Å²) in [6, 6.07) is 5.88. The summed E-state index contributed by atoms with van der Waals surface area (Å²) in [5, 5.41) is 6.29. The Kier molecular flexibility index (Phi) is 6.75. The molecule has 3 nitrogen and oxygen atoms in total. The van der Waals surface area contributed by atoms with E-state index in [1.807, 2.05) is 0 Å². The van der Waals surface area contributed by atoms with Crippen molar-refractivity contribution in [1.82, 2.24) is 5.32 Å². The van der Waals surface area contributed by atoms with E-state index in [2.05, 4.69) is 23.8 Å². The first-order valence-electron chi connectivity index (χ1n) is 5.90. The van der Waals surface area contributed by atoms with Crippen LogP contribution in [0, 0.1) is 5.82 Å². The van der Waals surface area contributed by atoms with Crippen LogP contribution in [0.3, 0.4) is 0 Å². The SMILES string of the molecule is CSC(C)CCNCC(=O)Nc1cccc(F)c1. The molecule has 1 atom stereocenters. The molecule has 0 saturated carbocycles. The van der Waals surface area contributed by atoms with Gasteiger partial charge in [-0.25, -0.2) is 4.39 Å². The molecule has 18 heavy (non-hydrogen) atoms. The minimum Gasteiger partial charge on any atom is -0.325 e. The molecule has 5 heteroatoms. The first kappa shape index (κ1) is 15.0. The molecule has 0 fully saturated rings. The van der Waals surface area contributed by atoms with Crippen LogP contribution in [-0.2, 0) is 4.79 Å². The molecule has 0 aromatic heterocycles. The molecule has 0 aliphatic rings. The number of hydrogen-bond acceptors (Lipinski definition) is 3. The Hall–Kier alpha value is -1.07. The smallest absolute Gasteiger partial charge is 0.238 e. The van der Waals surface area contributed by atoms with E-state index in [4.69, 9.17) is 0 Å². The largest absolute Gasteiger partial charge is 0.325 e. The Morgan fingerprint density at radius 3 is 2.94 bits per heavy atom. The first-order chi connectivity index (χ1) is 8.61. The summed E-state index contributed by atoms with van der Waals surface area (Å²) >= 11 is 1.81. The highest BCUT2D eigenvalue weighted by Crippen LogP contribution is 2.09. The fraction of sp³-hybridized carbons (Fsp3) is 0.462. The summed E-state index contributed by atoms with van der Waals surface area (Å²) in [7, 11) is 0. The number of thioether (sulfide) groups is 1. The zero-order valence-corrected chi connectivity index (χ0v) is 11.5. The lowest BCUT2D eigenvalue weighted by molar-refractivity contribution is -0.115. The molecular weight excluding hydrogens is 251 g/mol. The number of rotatable bonds is 7. The van der Waals surface area contributed by atoms with Crippen molar-refractivity contribution in [3.05, 3.63) is 30.1 Å². The summed E-state index contributed by atoms with van der Waals surface area (Å²) < 4.78 is 12.9. The number of amides is 1. The standard InChI is InChI=1S/C13H19FN2OS/c1-10(18-2)6-7-15-9-13(17)16-12-5-3-4-11(14)8-12/h3-5,8,10,15H,6-7,9H2,1-2H3,(H,16,17). The van der Waals surface area contributed by atoms with Gasteiger partial charge in [-0.15, -0.1) is 0 Å². The minimum atomic E-state index is -0.352. The van der Waals surface area contributed by atoms with Gasteiger partial charge in [0, 0.05) is 10.9 Å². The van der Waals surface area contributed by atoms with Gasteiger partial charge in [0.25, 0.3) is 0 Å². The van der Waals surface area contributed by atoms with Crippen molar-refractivity contribution in [2.75, 3.05) is 24.7 Å². The molecule has 0 radical (unpaired) electrons. The fourth-order valence-corrected chi connectivity index (χ4v) is 1.75. The van der Waals surface area contributed by atoms with E-state index in [0.29, 0.717) is 10.9 Å². The summed E-state index contributed by atoms with van der Waals surface area (Å²) in [6.45, 7) is 3.20. The van der Waals surface area contributed by atoms with E-state index < -0.39 is 0 Å². The van der Waals surface area contributed by atoms with E-state index in [1.165, 1.54) is 12.1 Å². The predicted molar refractivity (Wildman–Crippen MR) is 75.5 cm³/mol. The van der Waals surface area contributed by atoms with Gasteiger partial charge in [-0.3, -0.25) is 4.79 Å². The van der Waals surface area contributed by atoms with Gasteiger partial charge >= 0.3 is 0 Å². The maximum absolute atomic E-state index is 12.9. The second kappa shape index (κ2) is 8.11. The van der Waals surface area contributed by atoms with Gasteiger partial charge in [-0.05, 0) is 37.4 Å². The molecule has 2 N–H and O–H groups in total. The Bertz CT molecular complexity index is 387. The lowest BCUT2D eigenvalue weighted by Crippen LogP contribution is -2.29. The van der Waals surface area contributed by atoms with Crippen LogP contribution in [0.1, 0.15) is 13.3 Å². The van der Waals surface area contributed by atoms with Crippen molar-refractivity contribution < 1.29 is 9.18 Å². The van der Waals surface area contributed by atoms with Crippen LogP contribution >= 0.6 is 11.8 Å². The minimum absolute atomic E-state index is 0.155. The number of halogens is 1. The second-order valence-corrected chi connectivity index (χ2v) is 5.35. The second-order valence-electron chi connectivity index (χ2n) is 4.07. The van der Waals surface area contributed by atoms with E-state index in [9.17, 15) is 9.18 Å². The maximum Gasteiger partial charge on any atom is 0.238 e. The summed E-state index contributed by atoms with van der Waals surface area (Å²) in [6.07, 6.45) is 3.09. The topological polar surface area (TPSA) is 41.1 Å². The van der Waals surface area contributed by atoms with Crippen LogP contribution in [0.2, 0.25) is 0 Å². The van der Waals surface area contributed by atoms with Gasteiger partial charge in [-0.2, -0.15) is 11.8 Å². The molecule has 1 aromatic rings. The molecular formula is C13H19FN2OS. The van der Waals surface area contributed by atoms with Crippen molar-refractivity contribution in [3.63, 3.8) is 0 Å². The molecule has 1 aromatic carbocycles. The van der Waals surface area contributed by atoms with Crippen LogP contribution in [0.15, 0.2) is 24.3 Å². The highest BCUT2D eigenvalue weighted by molar-refractivity contribution is 7.99. The van der Waals surface area contributed by atoms with E-state index in [-0.39, 0.29) is 18.3 Å². The number of hydrogen-bond donors (Lipinski definition) is 2. The Morgan fingerprint density at radius 1 is 1.50 bits per heavy atom. The van der Waals surface area contributed by atoms with Crippen molar-refractivity contribution in [2.45, 2.75) is 18.6 Å². The normalized spacial score (nSPS) is 12.2. The van der Waals surface area contributed by atoms with Crippen LogP contribution in [0.25, 0.3) is 0 Å². The van der Waals surface area contributed by atoms with Crippen LogP contribution in [-0.4, -0.2) is 30.5 Å². The lowest BCUT2D eigenvalue weighted by Gasteiger charge is -2.09. The van der Waals surface area contributed by atoms with Gasteiger partial charge in [-0.1, -0.05) is 13.0 Å². The van der Waals surface area contributed by atoms with Gasteiger partial charge in [0.2, 0.25) is 5.91 Å². The zero-order valence-electron chi connectivity index (χ0n) is 10.7. The molecule has 0 heterocycles. The quantitative estimate of drug-likeness (QED) is 0.748. The Morgan fingerprint density at radius 2 is 2.28 bits per heavy atom. The average molecular weight is 270 g/mol. The van der Waals surface area contributed by atoms with Gasteiger partial charge in [0.1, 0.15) is 5.82 Å². The Labute approximate surface area is 112 Å². The summed E-state index contributed by atoms with van der Waals surface area (Å²) in [4.78, 5) is 11.5. The van der Waals surface area contributed by atoms with Crippen LogP contribution < -0.4 is 10.6 Å². The third-order valence-corrected chi connectivity index (χ3v) is 3.56. The third-order valence-electron chi connectivity index (χ3n) is 2.52. The van der Waals surface area contributed by atoms with Gasteiger partial charge in [0.05, 0.1) is 6.54 Å². The molecule has 100 valence electrons. The highest BCUT2D eigenvalue weighted by Gasteiger charge is 2.03. The lowest BCUT2D eigenvalue weighted by atomic mass is 10.3. The van der Waals surface area contributed by atoms with Crippen LogP contribution in [0.4, 0.5) is 10.1 Å². The molecule has 0 saturated heterocycles. The number of carbonyl (C=O) groups is 1. The first-order valence-corrected chi connectivity index (χ1v) is 7.19. The highest BCUT2D eigenvalue weighted by atomic mass is 32.2. The summed E-state index contributed by atoms with van der Waals surface area (Å²) in [5.41, 5.74) is 0.485. The molecule has 0 aliphatic heterocycles. The molecule has 0 aliphatic carbocycles. The number of anilines is 1. The summed E-state index contributed by atoms with van der Waals surface area (Å²) in [5.74, 6) is -0.507. The number of nitrogens with one attached hydrogen (secondary N) is 2. The van der Waals surface area contributed by atoms with Gasteiger partial charge < -0.3 is 10.6 Å². The van der Waals surface area contributed by atoms with E-state index >= 15 is 0 Å². The van der Waals surface area contributed by atoms with Crippen molar-refractivity contribution in [2.24, 2.45) is 0 Å². The van der Waals surface area contributed by atoms with E-state index in [1.54, 1.807) is 23.9 Å². The number of carbonyl (C=O) groups excluding carboxylic acids is 1. The molecule has 1 unspecified atom stereocenters. The number of benzene rings is 1. The monoisotopic (exact) mass is 270 g/mol. The van der Waals surface area contributed by atoms with Gasteiger partial charge in [0.15, 0.2) is 0 Å². The molecule has 0 spiro atoms. The third kappa shape index (κ3) is 6.02. The Balaban J connectivity index is 2.22. The fourth-order valence-electron chi connectivity index (χ4n) is 1.40.